The molecule has 2 aliphatic rings. The third-order valence-electron chi connectivity index (χ3n) is 4.49. The van der Waals surface area contributed by atoms with Crippen LogP contribution in [0.2, 0.25) is 0 Å². The molecule has 2 fully saturated rings. The molecule has 1 aliphatic heterocycles. The highest BCUT2D eigenvalue weighted by Crippen LogP contribution is 2.35. The van der Waals surface area contributed by atoms with Crippen LogP contribution >= 0.6 is 0 Å². The van der Waals surface area contributed by atoms with Crippen LogP contribution in [0.3, 0.4) is 0 Å². The number of carbonyl (C=O) groups is 1. The summed E-state index contributed by atoms with van der Waals surface area (Å²) in [6.07, 6.45) is 1.23. The van der Waals surface area contributed by atoms with E-state index in [1.54, 1.807) is 14.2 Å². The number of methoxy groups -OCH3 is 3. The first-order chi connectivity index (χ1) is 9.95. The Bertz CT molecular complexity index is 467. The molecule has 122 valence electrons. The number of nitrogens with zero attached hydrogens (tertiary/aromatic N) is 1. The Kier molecular flexibility index (Phi) is 5.24. The highest BCUT2D eigenvalue weighted by molar-refractivity contribution is 7.89. The second-order valence-corrected chi connectivity index (χ2v) is 7.66. The van der Waals surface area contributed by atoms with Gasteiger partial charge in [-0.1, -0.05) is 6.42 Å². The minimum absolute atomic E-state index is 0.266. The molecule has 1 aliphatic carbocycles. The van der Waals surface area contributed by atoms with Gasteiger partial charge < -0.3 is 14.2 Å². The molecular weight excluding hydrogens is 298 g/mol. The summed E-state index contributed by atoms with van der Waals surface area (Å²) in [5, 5.41) is -0.696. The molecule has 4 atom stereocenters. The standard InChI is InChI=1S/C13H23NO6S/c1-18-10-7-14(8-11(10)19-2)21(16,17)12-6-4-5-9(12)13(15)20-3/h9-12H,4-8H2,1-3H3. The van der Waals surface area contributed by atoms with Gasteiger partial charge in [-0.25, -0.2) is 8.42 Å². The predicted octanol–water partition coefficient (Wildman–Crippen LogP) is 0.00350. The second-order valence-electron chi connectivity index (χ2n) is 5.51. The molecular formula is C13H23NO6S. The van der Waals surface area contributed by atoms with Gasteiger partial charge in [0.2, 0.25) is 10.0 Å². The van der Waals surface area contributed by atoms with E-state index in [1.807, 2.05) is 0 Å². The average molecular weight is 321 g/mol. The van der Waals surface area contributed by atoms with Crippen LogP contribution in [-0.4, -0.2) is 70.6 Å². The topological polar surface area (TPSA) is 82.1 Å². The normalized spacial score (nSPS) is 34.2. The molecule has 1 heterocycles. The molecule has 0 N–H and O–H groups in total. The van der Waals surface area contributed by atoms with E-state index < -0.39 is 27.2 Å². The number of hydrogen-bond donors (Lipinski definition) is 0. The molecule has 2 rings (SSSR count). The van der Waals surface area contributed by atoms with Crippen molar-refractivity contribution in [3.63, 3.8) is 0 Å². The first kappa shape index (κ1) is 16.7. The van der Waals surface area contributed by atoms with Crippen LogP contribution in [0.4, 0.5) is 0 Å². The highest BCUT2D eigenvalue weighted by Gasteiger charge is 2.48. The molecule has 4 unspecified atom stereocenters. The molecule has 0 amide bonds. The molecule has 0 radical (unpaired) electrons. The van der Waals surface area contributed by atoms with E-state index in [0.29, 0.717) is 12.8 Å². The molecule has 8 heteroatoms. The molecule has 0 spiro atoms. The van der Waals surface area contributed by atoms with Crippen molar-refractivity contribution < 1.29 is 27.4 Å². The Hall–Kier alpha value is -0.700. The first-order valence-corrected chi connectivity index (χ1v) is 8.58. The number of hydrogen-bond acceptors (Lipinski definition) is 6. The molecule has 0 aromatic heterocycles. The van der Waals surface area contributed by atoms with E-state index in [9.17, 15) is 13.2 Å². The summed E-state index contributed by atoms with van der Waals surface area (Å²) in [7, 11) is 0.820. The summed E-state index contributed by atoms with van der Waals surface area (Å²) in [5.41, 5.74) is 0. The molecule has 0 bridgehead atoms. The fourth-order valence-electron chi connectivity index (χ4n) is 3.27. The lowest BCUT2D eigenvalue weighted by molar-refractivity contribution is -0.145. The predicted molar refractivity (Wildman–Crippen MR) is 75.2 cm³/mol. The number of esters is 1. The highest BCUT2D eigenvalue weighted by atomic mass is 32.2. The Balaban J connectivity index is 2.16. The molecule has 7 nitrogen and oxygen atoms in total. The smallest absolute Gasteiger partial charge is 0.310 e. The van der Waals surface area contributed by atoms with Gasteiger partial charge in [0.15, 0.2) is 0 Å². The van der Waals surface area contributed by atoms with Crippen molar-refractivity contribution in [3.05, 3.63) is 0 Å². The SMILES string of the molecule is COC(=O)C1CCCC1S(=O)(=O)N1CC(OC)C(OC)C1. The van der Waals surface area contributed by atoms with Crippen LogP contribution in [0.15, 0.2) is 0 Å². The van der Waals surface area contributed by atoms with Crippen LogP contribution in [0, 0.1) is 5.92 Å². The maximum atomic E-state index is 12.8. The molecule has 21 heavy (non-hydrogen) atoms. The van der Waals surface area contributed by atoms with Gasteiger partial charge in [-0.15, -0.1) is 0 Å². The summed E-state index contributed by atoms with van der Waals surface area (Å²) >= 11 is 0. The minimum Gasteiger partial charge on any atom is -0.469 e. The Morgan fingerprint density at radius 2 is 1.62 bits per heavy atom. The third-order valence-corrected chi connectivity index (χ3v) is 6.83. The van der Waals surface area contributed by atoms with Gasteiger partial charge >= 0.3 is 5.97 Å². The first-order valence-electron chi connectivity index (χ1n) is 7.08. The summed E-state index contributed by atoms with van der Waals surface area (Å²) < 4.78 is 42.3. The number of rotatable bonds is 5. The van der Waals surface area contributed by atoms with E-state index in [4.69, 9.17) is 14.2 Å². The zero-order valence-corrected chi connectivity index (χ0v) is 13.5. The summed E-state index contributed by atoms with van der Waals surface area (Å²) in [6.45, 7) is 0.531. The lowest BCUT2D eigenvalue weighted by atomic mass is 10.1. The quantitative estimate of drug-likeness (QED) is 0.663. The van der Waals surface area contributed by atoms with Crippen molar-refractivity contribution >= 4 is 16.0 Å². The number of carbonyl (C=O) groups excluding carboxylic acids is 1. The van der Waals surface area contributed by atoms with E-state index >= 15 is 0 Å². The maximum absolute atomic E-state index is 12.8. The lowest BCUT2D eigenvalue weighted by Gasteiger charge is -2.24. The maximum Gasteiger partial charge on any atom is 0.310 e. The van der Waals surface area contributed by atoms with Crippen LogP contribution in [-0.2, 0) is 29.0 Å². The van der Waals surface area contributed by atoms with Gasteiger partial charge in [-0.2, -0.15) is 4.31 Å². The van der Waals surface area contributed by atoms with Crippen LogP contribution < -0.4 is 0 Å². The van der Waals surface area contributed by atoms with E-state index in [0.717, 1.165) is 6.42 Å². The van der Waals surface area contributed by atoms with E-state index in [2.05, 4.69) is 0 Å². The van der Waals surface area contributed by atoms with E-state index in [1.165, 1.54) is 11.4 Å². The zero-order valence-electron chi connectivity index (χ0n) is 12.6. The Morgan fingerprint density at radius 1 is 1.05 bits per heavy atom. The van der Waals surface area contributed by atoms with E-state index in [-0.39, 0.29) is 25.3 Å². The number of ether oxygens (including phenoxy) is 3. The summed E-state index contributed by atoms with van der Waals surface area (Å²) in [5.74, 6) is -1.01. The minimum atomic E-state index is -3.56. The van der Waals surface area contributed by atoms with Crippen molar-refractivity contribution in [2.24, 2.45) is 5.92 Å². The van der Waals surface area contributed by atoms with Crippen LogP contribution in [0.1, 0.15) is 19.3 Å². The number of sulfonamides is 1. The molecule has 0 aromatic carbocycles. The molecule has 1 saturated carbocycles. The van der Waals surface area contributed by atoms with Crippen molar-refractivity contribution in [1.29, 1.82) is 0 Å². The Labute approximate surface area is 125 Å². The van der Waals surface area contributed by atoms with Gasteiger partial charge in [0.05, 0.1) is 30.5 Å². The third kappa shape index (κ3) is 3.08. The second kappa shape index (κ2) is 6.60. The van der Waals surface area contributed by atoms with Gasteiger partial charge in [-0.05, 0) is 12.8 Å². The summed E-state index contributed by atoms with van der Waals surface area (Å²) in [4.78, 5) is 11.8. The van der Waals surface area contributed by atoms with Crippen molar-refractivity contribution in [1.82, 2.24) is 4.31 Å². The zero-order chi connectivity index (χ0) is 15.6. The van der Waals surface area contributed by atoms with Crippen molar-refractivity contribution in [3.8, 4) is 0 Å². The van der Waals surface area contributed by atoms with Gasteiger partial charge in [0.1, 0.15) is 0 Å². The van der Waals surface area contributed by atoms with Crippen molar-refractivity contribution in [2.75, 3.05) is 34.4 Å². The Morgan fingerprint density at radius 3 is 2.10 bits per heavy atom. The van der Waals surface area contributed by atoms with Crippen LogP contribution in [0.25, 0.3) is 0 Å². The monoisotopic (exact) mass is 321 g/mol. The molecule has 1 saturated heterocycles. The van der Waals surface area contributed by atoms with Crippen molar-refractivity contribution in [2.45, 2.75) is 36.7 Å². The van der Waals surface area contributed by atoms with Gasteiger partial charge in [0.25, 0.3) is 0 Å². The molecule has 0 aromatic rings. The largest absolute Gasteiger partial charge is 0.469 e. The average Bonchev–Trinajstić information content (AvgIpc) is 3.12. The summed E-state index contributed by atoms with van der Waals surface area (Å²) in [6, 6.07) is 0. The van der Waals surface area contributed by atoms with Gasteiger partial charge in [-0.3, -0.25) is 4.79 Å². The van der Waals surface area contributed by atoms with Crippen LogP contribution in [0.5, 0.6) is 0 Å². The fourth-order valence-corrected chi connectivity index (χ4v) is 5.49. The lowest BCUT2D eigenvalue weighted by Crippen LogP contribution is -2.42. The fraction of sp³-hybridized carbons (Fsp3) is 0.923. The van der Waals surface area contributed by atoms with Gasteiger partial charge in [0, 0.05) is 27.3 Å².